The number of hydrogen-bond donors (Lipinski definition) is 0. The number of hydrogen-bond acceptors (Lipinski definition) is 1. The van der Waals surface area contributed by atoms with Crippen LogP contribution in [-0.4, -0.2) is 24.5 Å². The minimum atomic E-state index is 0.917. The highest BCUT2D eigenvalue weighted by Crippen LogP contribution is 2.19. The van der Waals surface area contributed by atoms with Gasteiger partial charge in [0.15, 0.2) is 0 Å². The SMILES string of the molecule is C=CCc1ccccc1.CCCCC1CCCN1C.CCc1cccc2ccccc12. The second-order valence-electron chi connectivity index (χ2n) is 8.39. The van der Waals surface area contributed by atoms with E-state index < -0.39 is 0 Å². The molecule has 3 aromatic rings. The van der Waals surface area contributed by atoms with Gasteiger partial charge in [-0.15, -0.1) is 6.58 Å². The Balaban J connectivity index is 0.000000167. The number of aryl methyl sites for hydroxylation is 1. The van der Waals surface area contributed by atoms with E-state index in [1.165, 1.54) is 60.5 Å². The largest absolute Gasteiger partial charge is 0.303 e. The summed E-state index contributed by atoms with van der Waals surface area (Å²) in [5.41, 5.74) is 2.76. The molecule has 0 N–H and O–H groups in total. The fraction of sp³-hybridized carbons (Fsp3) is 0.400. The number of benzene rings is 3. The Hall–Kier alpha value is -2.38. The van der Waals surface area contributed by atoms with E-state index in [1.807, 2.05) is 24.3 Å². The second kappa shape index (κ2) is 14.6. The third-order valence-electron chi connectivity index (χ3n) is 6.05. The molecule has 1 heteroatoms. The van der Waals surface area contributed by atoms with Crippen LogP contribution in [0.3, 0.4) is 0 Å². The van der Waals surface area contributed by atoms with Crippen LogP contribution in [0.2, 0.25) is 0 Å². The molecule has 1 aliphatic heterocycles. The zero-order valence-corrected chi connectivity index (χ0v) is 19.9. The van der Waals surface area contributed by atoms with Gasteiger partial charge in [0.1, 0.15) is 0 Å². The van der Waals surface area contributed by atoms with Crippen LogP contribution >= 0.6 is 0 Å². The van der Waals surface area contributed by atoms with Crippen LogP contribution in [0, 0.1) is 0 Å². The van der Waals surface area contributed by atoms with Gasteiger partial charge in [-0.05, 0) is 67.6 Å². The quantitative estimate of drug-likeness (QED) is 0.368. The Labute approximate surface area is 190 Å². The van der Waals surface area contributed by atoms with E-state index in [2.05, 4.69) is 87.0 Å². The molecule has 0 radical (unpaired) electrons. The third kappa shape index (κ3) is 8.71. The molecule has 0 amide bonds. The maximum absolute atomic E-state index is 3.66. The molecule has 0 aromatic heterocycles. The topological polar surface area (TPSA) is 3.24 Å². The highest BCUT2D eigenvalue weighted by molar-refractivity contribution is 5.85. The summed E-state index contributed by atoms with van der Waals surface area (Å²) in [6.07, 6.45) is 11.0. The van der Waals surface area contributed by atoms with Gasteiger partial charge >= 0.3 is 0 Å². The van der Waals surface area contributed by atoms with Gasteiger partial charge in [0.25, 0.3) is 0 Å². The van der Waals surface area contributed by atoms with E-state index in [4.69, 9.17) is 0 Å². The summed E-state index contributed by atoms with van der Waals surface area (Å²) in [6, 6.07) is 26.2. The Morgan fingerprint density at radius 1 is 0.935 bits per heavy atom. The molecule has 1 heterocycles. The van der Waals surface area contributed by atoms with Crippen LogP contribution < -0.4 is 0 Å². The van der Waals surface area contributed by atoms with Gasteiger partial charge in [-0.3, -0.25) is 0 Å². The predicted molar refractivity (Wildman–Crippen MR) is 139 cm³/mol. The lowest BCUT2D eigenvalue weighted by molar-refractivity contribution is 0.291. The zero-order valence-electron chi connectivity index (χ0n) is 19.9. The van der Waals surface area contributed by atoms with Crippen molar-refractivity contribution in [3.63, 3.8) is 0 Å². The molecule has 0 aliphatic carbocycles. The Morgan fingerprint density at radius 2 is 1.65 bits per heavy atom. The van der Waals surface area contributed by atoms with Crippen molar-refractivity contribution in [1.29, 1.82) is 0 Å². The lowest BCUT2D eigenvalue weighted by Crippen LogP contribution is -2.24. The average Bonchev–Trinajstić information content (AvgIpc) is 3.23. The Morgan fingerprint density at radius 3 is 2.29 bits per heavy atom. The van der Waals surface area contributed by atoms with Gasteiger partial charge < -0.3 is 4.90 Å². The summed E-state index contributed by atoms with van der Waals surface area (Å²) >= 11 is 0. The Bertz CT molecular complexity index is 862. The van der Waals surface area contributed by atoms with Crippen molar-refractivity contribution in [1.82, 2.24) is 4.90 Å². The monoisotopic (exact) mass is 415 g/mol. The molecule has 1 aliphatic rings. The van der Waals surface area contributed by atoms with E-state index in [1.54, 1.807) is 0 Å². The van der Waals surface area contributed by atoms with Crippen LogP contribution in [0.15, 0.2) is 85.5 Å². The first kappa shape index (κ1) is 24.9. The van der Waals surface area contributed by atoms with Crippen molar-refractivity contribution in [3.05, 3.63) is 96.6 Å². The fourth-order valence-electron chi connectivity index (χ4n) is 4.17. The van der Waals surface area contributed by atoms with Gasteiger partial charge in [-0.25, -0.2) is 0 Å². The molecule has 4 rings (SSSR count). The summed E-state index contributed by atoms with van der Waals surface area (Å²) in [4.78, 5) is 2.51. The number of fused-ring (bicyclic) bond motifs is 1. The second-order valence-corrected chi connectivity index (χ2v) is 8.39. The van der Waals surface area contributed by atoms with E-state index in [0.29, 0.717) is 0 Å². The maximum atomic E-state index is 3.66. The Kier molecular flexibility index (Phi) is 11.7. The first-order valence-electron chi connectivity index (χ1n) is 12.0. The van der Waals surface area contributed by atoms with Gasteiger partial charge in [-0.1, -0.05) is 106 Å². The van der Waals surface area contributed by atoms with Crippen molar-refractivity contribution >= 4 is 10.8 Å². The van der Waals surface area contributed by atoms with E-state index >= 15 is 0 Å². The molecule has 1 unspecified atom stereocenters. The molecule has 0 spiro atoms. The highest BCUT2D eigenvalue weighted by atomic mass is 15.1. The van der Waals surface area contributed by atoms with Gasteiger partial charge in [-0.2, -0.15) is 0 Å². The van der Waals surface area contributed by atoms with Crippen molar-refractivity contribution in [2.45, 2.75) is 64.8 Å². The van der Waals surface area contributed by atoms with Gasteiger partial charge in [0, 0.05) is 6.04 Å². The molecular formula is C30H41N. The van der Waals surface area contributed by atoms with E-state index in [-0.39, 0.29) is 0 Å². The van der Waals surface area contributed by atoms with E-state index in [0.717, 1.165) is 18.9 Å². The summed E-state index contributed by atoms with van der Waals surface area (Å²) < 4.78 is 0. The van der Waals surface area contributed by atoms with Crippen molar-refractivity contribution in [2.75, 3.05) is 13.6 Å². The lowest BCUT2D eigenvalue weighted by atomic mass is 10.0. The first-order chi connectivity index (χ1) is 15.2. The standard InChI is InChI=1S/C12H12.C9H19N.C9H10/c1-2-10-7-5-8-11-6-3-4-9-12(10)11;1-3-4-6-9-7-5-8-10(9)2;1-2-6-9-7-4-3-5-8-9/h3-9H,2H2,1H3;9H,3-8H2,1-2H3;2-5,7-8H,1,6H2. The molecule has 1 saturated heterocycles. The summed E-state index contributed by atoms with van der Waals surface area (Å²) in [7, 11) is 2.26. The van der Waals surface area contributed by atoms with Crippen molar-refractivity contribution in [2.24, 2.45) is 0 Å². The highest BCUT2D eigenvalue weighted by Gasteiger charge is 2.19. The molecule has 0 bridgehead atoms. The molecule has 166 valence electrons. The molecule has 1 atom stereocenters. The third-order valence-corrected chi connectivity index (χ3v) is 6.05. The smallest absolute Gasteiger partial charge is 0.00926 e. The molecule has 31 heavy (non-hydrogen) atoms. The number of likely N-dealkylation sites (tertiary alicyclic amines) is 1. The van der Waals surface area contributed by atoms with Crippen LogP contribution in [0.25, 0.3) is 10.8 Å². The number of rotatable bonds is 6. The summed E-state index contributed by atoms with van der Waals surface area (Å²) in [5.74, 6) is 0. The number of allylic oxidation sites excluding steroid dienone is 1. The summed E-state index contributed by atoms with van der Waals surface area (Å²) in [5, 5.41) is 2.74. The van der Waals surface area contributed by atoms with Crippen LogP contribution in [-0.2, 0) is 12.8 Å². The van der Waals surface area contributed by atoms with Crippen LogP contribution in [0.5, 0.6) is 0 Å². The fourth-order valence-corrected chi connectivity index (χ4v) is 4.17. The van der Waals surface area contributed by atoms with Crippen LogP contribution in [0.4, 0.5) is 0 Å². The average molecular weight is 416 g/mol. The number of unbranched alkanes of at least 4 members (excludes halogenated alkanes) is 1. The minimum absolute atomic E-state index is 0.917. The van der Waals surface area contributed by atoms with Gasteiger partial charge in [0.2, 0.25) is 0 Å². The van der Waals surface area contributed by atoms with Crippen molar-refractivity contribution in [3.8, 4) is 0 Å². The van der Waals surface area contributed by atoms with Crippen LogP contribution in [0.1, 0.15) is 57.1 Å². The molecule has 3 aromatic carbocycles. The zero-order chi connectivity index (χ0) is 22.3. The van der Waals surface area contributed by atoms with Gasteiger partial charge in [0.05, 0.1) is 0 Å². The molecule has 1 fully saturated rings. The molecular weight excluding hydrogens is 374 g/mol. The molecule has 0 saturated carbocycles. The van der Waals surface area contributed by atoms with Crippen molar-refractivity contribution < 1.29 is 0 Å². The lowest BCUT2D eigenvalue weighted by Gasteiger charge is -2.18. The minimum Gasteiger partial charge on any atom is -0.303 e. The maximum Gasteiger partial charge on any atom is 0.00926 e. The van der Waals surface area contributed by atoms with E-state index in [9.17, 15) is 0 Å². The normalized spacial score (nSPS) is 15.5. The molecule has 1 nitrogen and oxygen atoms in total. The number of nitrogens with zero attached hydrogens (tertiary/aromatic N) is 1. The predicted octanol–water partition coefficient (Wildman–Crippen LogP) is 8.09. The summed E-state index contributed by atoms with van der Waals surface area (Å²) in [6.45, 7) is 9.45. The first-order valence-corrected chi connectivity index (χ1v) is 12.0.